The van der Waals surface area contributed by atoms with Crippen LogP contribution < -0.4 is 11.2 Å². The molecule has 27 heavy (non-hydrogen) atoms. The van der Waals surface area contributed by atoms with Crippen LogP contribution in [0.2, 0.25) is 0 Å². The van der Waals surface area contributed by atoms with Crippen molar-refractivity contribution in [1.82, 2.24) is 19.8 Å². The number of amides is 1. The van der Waals surface area contributed by atoms with Gasteiger partial charge < -0.3 is 19.9 Å². The summed E-state index contributed by atoms with van der Waals surface area (Å²) in [7, 11) is 3.84. The Morgan fingerprint density at radius 1 is 1.19 bits per heavy atom. The minimum Gasteiger partial charge on any atom is -0.390 e. The normalized spacial score (nSPS) is 20.1. The second kappa shape index (κ2) is 7.50. The molecule has 2 aromatic rings. The van der Waals surface area contributed by atoms with Crippen molar-refractivity contribution in [1.29, 1.82) is 0 Å². The maximum atomic E-state index is 12.7. The Morgan fingerprint density at radius 2 is 1.85 bits per heavy atom. The van der Waals surface area contributed by atoms with E-state index in [9.17, 15) is 19.5 Å². The van der Waals surface area contributed by atoms with Gasteiger partial charge in [0.05, 0.1) is 11.7 Å². The van der Waals surface area contributed by atoms with Crippen LogP contribution in [0.5, 0.6) is 0 Å². The molecule has 1 aliphatic rings. The lowest BCUT2D eigenvalue weighted by molar-refractivity contribution is 0.00607. The smallest absolute Gasteiger partial charge is 0.325 e. The number of aliphatic hydroxyl groups excluding tert-OH is 1. The molecule has 1 aliphatic heterocycles. The number of H-pyrrole nitrogens is 2. The lowest BCUT2D eigenvalue weighted by atomic mass is 9.99. The van der Waals surface area contributed by atoms with Gasteiger partial charge in [-0.15, -0.1) is 0 Å². The Labute approximate surface area is 156 Å². The fourth-order valence-electron chi connectivity index (χ4n) is 3.62. The van der Waals surface area contributed by atoms with Crippen LogP contribution in [0.1, 0.15) is 22.5 Å². The van der Waals surface area contributed by atoms with Gasteiger partial charge >= 0.3 is 5.69 Å². The highest BCUT2D eigenvalue weighted by Gasteiger charge is 2.31. The van der Waals surface area contributed by atoms with Crippen molar-refractivity contribution in [2.24, 2.45) is 0 Å². The Kier molecular flexibility index (Phi) is 5.29. The molecule has 0 radical (unpaired) electrons. The molecule has 3 rings (SSSR count). The topological polar surface area (TPSA) is 109 Å². The number of benzene rings is 1. The number of carbonyl (C=O) groups excluding carboxylic acids is 1. The molecule has 1 aromatic heterocycles. The number of carbonyl (C=O) groups is 1. The molecule has 1 amide bonds. The quantitative estimate of drug-likeness (QED) is 0.712. The number of hydrogen-bond donors (Lipinski definition) is 3. The summed E-state index contributed by atoms with van der Waals surface area (Å²) in [6, 6.07) is 6.74. The van der Waals surface area contributed by atoms with Gasteiger partial charge in [-0.3, -0.25) is 14.6 Å². The Morgan fingerprint density at radius 3 is 2.41 bits per heavy atom. The predicted octanol–water partition coefficient (Wildman–Crippen LogP) is 0.176. The van der Waals surface area contributed by atoms with E-state index in [2.05, 4.69) is 9.97 Å². The number of likely N-dealkylation sites (N-methyl/N-ethyl adjacent to an activating group) is 1. The molecular formula is C19H24N4O4. The monoisotopic (exact) mass is 372 g/mol. The summed E-state index contributed by atoms with van der Waals surface area (Å²) in [5.41, 5.74) is 0.935. The van der Waals surface area contributed by atoms with Crippen LogP contribution in [0.15, 0.2) is 33.9 Å². The molecule has 8 heteroatoms. The minimum absolute atomic E-state index is 0.0476. The number of aryl methyl sites for hydroxylation is 1. The zero-order valence-electron chi connectivity index (χ0n) is 15.7. The highest BCUT2D eigenvalue weighted by molar-refractivity contribution is 5.94. The van der Waals surface area contributed by atoms with Gasteiger partial charge in [-0.05, 0) is 45.1 Å². The van der Waals surface area contributed by atoms with Crippen LogP contribution in [0.25, 0.3) is 11.1 Å². The van der Waals surface area contributed by atoms with Gasteiger partial charge in [-0.25, -0.2) is 4.79 Å². The van der Waals surface area contributed by atoms with Crippen LogP contribution in [0.3, 0.4) is 0 Å². The van der Waals surface area contributed by atoms with E-state index < -0.39 is 17.4 Å². The molecule has 2 atom stereocenters. The second-order valence-corrected chi connectivity index (χ2v) is 7.12. The van der Waals surface area contributed by atoms with E-state index >= 15 is 0 Å². The molecule has 8 nitrogen and oxygen atoms in total. The molecule has 0 saturated carbocycles. The first-order valence-electron chi connectivity index (χ1n) is 8.85. The summed E-state index contributed by atoms with van der Waals surface area (Å²) in [4.78, 5) is 44.5. The van der Waals surface area contributed by atoms with Crippen molar-refractivity contribution in [3.8, 4) is 11.1 Å². The molecule has 0 spiro atoms. The van der Waals surface area contributed by atoms with Gasteiger partial charge in [0.2, 0.25) is 0 Å². The minimum atomic E-state index is -0.584. The molecule has 144 valence electrons. The van der Waals surface area contributed by atoms with Gasteiger partial charge in [0, 0.05) is 30.4 Å². The third-order valence-corrected chi connectivity index (χ3v) is 5.05. The fraction of sp³-hybridized carbons (Fsp3) is 0.421. The van der Waals surface area contributed by atoms with E-state index in [0.717, 1.165) is 0 Å². The Balaban J connectivity index is 1.79. The molecule has 2 heterocycles. The van der Waals surface area contributed by atoms with Crippen molar-refractivity contribution in [2.45, 2.75) is 25.5 Å². The summed E-state index contributed by atoms with van der Waals surface area (Å²) < 4.78 is 0. The first-order valence-corrected chi connectivity index (χ1v) is 8.85. The van der Waals surface area contributed by atoms with Crippen LogP contribution in [-0.4, -0.2) is 70.1 Å². The standard InChI is InChI=1S/C19H24N4O4/c1-11-16(17(25)21-19(27)20-11)12-4-6-13(7-5-12)18(26)23-9-8-14(22(2)3)15(24)10-23/h4-7,14-15,24H,8-10H2,1-3H3,(H2,20,21,25,27)/t14-,15-/m0/s1. The van der Waals surface area contributed by atoms with Gasteiger partial charge in [0.25, 0.3) is 11.5 Å². The molecule has 1 saturated heterocycles. The lowest BCUT2D eigenvalue weighted by Crippen LogP contribution is -2.53. The number of likely N-dealkylation sites (tertiary alicyclic amines) is 1. The van der Waals surface area contributed by atoms with Crippen LogP contribution >= 0.6 is 0 Å². The van der Waals surface area contributed by atoms with E-state index in [-0.39, 0.29) is 11.9 Å². The van der Waals surface area contributed by atoms with Crippen molar-refractivity contribution in [3.63, 3.8) is 0 Å². The van der Waals surface area contributed by atoms with E-state index in [1.165, 1.54) is 0 Å². The van der Waals surface area contributed by atoms with Gasteiger partial charge in [-0.2, -0.15) is 0 Å². The van der Waals surface area contributed by atoms with Crippen molar-refractivity contribution in [2.75, 3.05) is 27.2 Å². The maximum Gasteiger partial charge on any atom is 0.325 e. The maximum absolute atomic E-state index is 12.7. The Bertz CT molecular complexity index is 945. The zero-order valence-corrected chi connectivity index (χ0v) is 15.7. The summed E-state index contributed by atoms with van der Waals surface area (Å²) in [6.07, 6.45) is 0.128. The SMILES string of the molecule is Cc1[nH]c(=O)[nH]c(=O)c1-c1ccc(C(=O)N2CC[C@H](N(C)C)[C@@H](O)C2)cc1. The first-order chi connectivity index (χ1) is 12.8. The first kappa shape index (κ1) is 19.1. The van der Waals surface area contributed by atoms with Crippen LogP contribution in [0.4, 0.5) is 0 Å². The average Bonchev–Trinajstić information content (AvgIpc) is 2.60. The van der Waals surface area contributed by atoms with E-state index in [0.29, 0.717) is 41.9 Å². The number of nitrogens with one attached hydrogen (secondary N) is 2. The summed E-state index contributed by atoms with van der Waals surface area (Å²) in [6.45, 7) is 2.53. The highest BCUT2D eigenvalue weighted by atomic mass is 16.3. The number of β-amino-alcohol motifs (C(OH)–C–C–N with tert-alkyl or cyclic N) is 1. The van der Waals surface area contributed by atoms with E-state index in [1.54, 1.807) is 36.1 Å². The fourth-order valence-corrected chi connectivity index (χ4v) is 3.62. The number of rotatable bonds is 3. The van der Waals surface area contributed by atoms with Crippen molar-refractivity contribution in [3.05, 3.63) is 56.4 Å². The third kappa shape index (κ3) is 3.86. The van der Waals surface area contributed by atoms with Crippen LogP contribution in [0, 0.1) is 6.92 Å². The number of nitrogens with zero attached hydrogens (tertiary/aromatic N) is 2. The molecule has 1 aromatic carbocycles. The van der Waals surface area contributed by atoms with Crippen LogP contribution in [-0.2, 0) is 0 Å². The summed E-state index contributed by atoms with van der Waals surface area (Å²) in [5.74, 6) is -0.148. The predicted molar refractivity (Wildman–Crippen MR) is 102 cm³/mol. The molecule has 1 fully saturated rings. The number of aliphatic hydroxyl groups is 1. The molecule has 0 unspecified atom stereocenters. The van der Waals surface area contributed by atoms with Crippen molar-refractivity contribution < 1.29 is 9.90 Å². The molecule has 0 bridgehead atoms. The van der Waals surface area contributed by atoms with E-state index in [4.69, 9.17) is 0 Å². The Hall–Kier alpha value is -2.71. The molecule has 0 aliphatic carbocycles. The van der Waals surface area contributed by atoms with Gasteiger partial charge in [0.1, 0.15) is 0 Å². The number of piperidine rings is 1. The largest absolute Gasteiger partial charge is 0.390 e. The average molecular weight is 372 g/mol. The number of aromatic nitrogens is 2. The highest BCUT2D eigenvalue weighted by Crippen LogP contribution is 2.21. The number of hydrogen-bond acceptors (Lipinski definition) is 5. The summed E-state index contributed by atoms with van der Waals surface area (Å²) >= 11 is 0. The third-order valence-electron chi connectivity index (χ3n) is 5.05. The second-order valence-electron chi connectivity index (χ2n) is 7.12. The van der Waals surface area contributed by atoms with E-state index in [1.807, 2.05) is 19.0 Å². The zero-order chi connectivity index (χ0) is 19.7. The number of aromatic amines is 2. The lowest BCUT2D eigenvalue weighted by Gasteiger charge is -2.39. The van der Waals surface area contributed by atoms with Crippen molar-refractivity contribution >= 4 is 5.91 Å². The summed E-state index contributed by atoms with van der Waals surface area (Å²) in [5, 5.41) is 10.3. The van der Waals surface area contributed by atoms with Gasteiger partial charge in [0.15, 0.2) is 0 Å². The molecular weight excluding hydrogens is 348 g/mol. The van der Waals surface area contributed by atoms with Gasteiger partial charge in [-0.1, -0.05) is 12.1 Å². The molecule has 3 N–H and O–H groups in total.